The summed E-state index contributed by atoms with van der Waals surface area (Å²) in [4.78, 5) is 11.6. The van der Waals surface area contributed by atoms with Crippen molar-refractivity contribution in [1.29, 1.82) is 0 Å². The number of amides is 1. The molecule has 1 aromatic rings. The fourth-order valence-corrected chi connectivity index (χ4v) is 1.48. The van der Waals surface area contributed by atoms with Gasteiger partial charge in [0.2, 0.25) is 5.91 Å². The van der Waals surface area contributed by atoms with E-state index in [1.165, 1.54) is 0 Å². The van der Waals surface area contributed by atoms with Crippen molar-refractivity contribution < 1.29 is 9.53 Å². The summed E-state index contributed by atoms with van der Waals surface area (Å²) in [7, 11) is 0. The summed E-state index contributed by atoms with van der Waals surface area (Å²) >= 11 is 0. The predicted molar refractivity (Wildman–Crippen MR) is 61.0 cm³/mol. The van der Waals surface area contributed by atoms with Gasteiger partial charge in [-0.3, -0.25) is 9.89 Å². The lowest BCUT2D eigenvalue weighted by Crippen LogP contribution is -2.34. The molecule has 1 amide bonds. The van der Waals surface area contributed by atoms with Crippen LogP contribution in [0, 0.1) is 13.8 Å². The monoisotopic (exact) mass is 225 g/mol. The van der Waals surface area contributed by atoms with Gasteiger partial charge in [-0.25, -0.2) is 0 Å². The maximum Gasteiger partial charge on any atom is 0.249 e. The second kappa shape index (κ2) is 5.65. The van der Waals surface area contributed by atoms with E-state index in [1.54, 1.807) is 6.92 Å². The Kier molecular flexibility index (Phi) is 4.49. The van der Waals surface area contributed by atoms with Crippen LogP contribution < -0.4 is 5.32 Å². The number of rotatable bonds is 5. The number of nitrogens with one attached hydrogen (secondary N) is 2. The van der Waals surface area contributed by atoms with E-state index in [4.69, 9.17) is 4.74 Å². The van der Waals surface area contributed by atoms with E-state index in [-0.39, 0.29) is 5.91 Å². The fourth-order valence-electron chi connectivity index (χ4n) is 1.48. The molecule has 0 aliphatic carbocycles. The van der Waals surface area contributed by atoms with Crippen molar-refractivity contribution in [1.82, 2.24) is 15.5 Å². The van der Waals surface area contributed by atoms with Crippen LogP contribution in [0.4, 0.5) is 0 Å². The van der Waals surface area contributed by atoms with Crippen molar-refractivity contribution in [3.8, 4) is 0 Å². The molecule has 1 rings (SSSR count). The van der Waals surface area contributed by atoms with Gasteiger partial charge in [-0.1, -0.05) is 0 Å². The molecule has 0 radical (unpaired) electrons. The van der Waals surface area contributed by atoms with Crippen molar-refractivity contribution >= 4 is 5.91 Å². The van der Waals surface area contributed by atoms with Crippen LogP contribution in [0.3, 0.4) is 0 Å². The van der Waals surface area contributed by atoms with E-state index in [0.717, 1.165) is 17.0 Å². The number of aromatic nitrogens is 2. The number of hydrogen-bond donors (Lipinski definition) is 2. The molecule has 90 valence electrons. The van der Waals surface area contributed by atoms with Crippen molar-refractivity contribution in [3.05, 3.63) is 17.0 Å². The molecule has 0 saturated heterocycles. The average molecular weight is 225 g/mol. The first kappa shape index (κ1) is 12.7. The number of ether oxygens (including phenoxy) is 1. The summed E-state index contributed by atoms with van der Waals surface area (Å²) in [6, 6.07) is 0. The maximum atomic E-state index is 11.6. The summed E-state index contributed by atoms with van der Waals surface area (Å²) in [5, 5.41) is 9.78. The Balaban J connectivity index is 2.49. The van der Waals surface area contributed by atoms with Gasteiger partial charge in [0.25, 0.3) is 0 Å². The van der Waals surface area contributed by atoms with E-state index >= 15 is 0 Å². The zero-order chi connectivity index (χ0) is 12.1. The summed E-state index contributed by atoms with van der Waals surface area (Å²) in [5.74, 6) is -0.0955. The van der Waals surface area contributed by atoms with Gasteiger partial charge in [0.15, 0.2) is 0 Å². The lowest BCUT2D eigenvalue weighted by atomic mass is 10.2. The van der Waals surface area contributed by atoms with Gasteiger partial charge in [-0.05, 0) is 27.7 Å². The Morgan fingerprint density at radius 2 is 2.25 bits per heavy atom. The van der Waals surface area contributed by atoms with Crippen LogP contribution in [0.5, 0.6) is 0 Å². The number of carbonyl (C=O) groups excluding carboxylic acids is 1. The fraction of sp³-hybridized carbons (Fsp3) is 0.636. The number of hydrogen-bond acceptors (Lipinski definition) is 3. The van der Waals surface area contributed by atoms with Gasteiger partial charge >= 0.3 is 0 Å². The van der Waals surface area contributed by atoms with E-state index in [0.29, 0.717) is 13.2 Å². The minimum atomic E-state index is -0.405. The first-order valence-corrected chi connectivity index (χ1v) is 5.46. The van der Waals surface area contributed by atoms with Crippen molar-refractivity contribution in [2.24, 2.45) is 0 Å². The van der Waals surface area contributed by atoms with Gasteiger partial charge in [0, 0.05) is 24.4 Å². The third-order valence-electron chi connectivity index (χ3n) is 2.51. The third-order valence-corrected chi connectivity index (χ3v) is 2.51. The SMILES string of the molecule is CCO[C@H](C)C(=O)NCc1c(C)n[nH]c1C. The Labute approximate surface area is 95.6 Å². The minimum absolute atomic E-state index is 0.0955. The van der Waals surface area contributed by atoms with E-state index in [2.05, 4.69) is 15.5 Å². The number of carbonyl (C=O) groups is 1. The lowest BCUT2D eigenvalue weighted by molar-refractivity contribution is -0.131. The van der Waals surface area contributed by atoms with Crippen molar-refractivity contribution in [3.63, 3.8) is 0 Å². The number of aryl methyl sites for hydroxylation is 2. The third kappa shape index (κ3) is 3.06. The Bertz CT molecular complexity index is 341. The zero-order valence-electron chi connectivity index (χ0n) is 10.3. The molecule has 2 N–H and O–H groups in total. The highest BCUT2D eigenvalue weighted by molar-refractivity contribution is 5.80. The van der Waals surface area contributed by atoms with Crippen LogP contribution in [0.2, 0.25) is 0 Å². The molecule has 1 atom stereocenters. The van der Waals surface area contributed by atoms with Gasteiger partial charge in [-0.2, -0.15) is 5.10 Å². The quantitative estimate of drug-likeness (QED) is 0.787. The average Bonchev–Trinajstić information content (AvgIpc) is 2.56. The van der Waals surface area contributed by atoms with Gasteiger partial charge < -0.3 is 10.1 Å². The van der Waals surface area contributed by atoms with Crippen molar-refractivity contribution in [2.45, 2.75) is 40.3 Å². The molecule has 1 aromatic heterocycles. The topological polar surface area (TPSA) is 67.0 Å². The maximum absolute atomic E-state index is 11.6. The molecule has 0 aliphatic rings. The van der Waals surface area contributed by atoms with Crippen LogP contribution >= 0.6 is 0 Å². The molecule has 0 aromatic carbocycles. The smallest absolute Gasteiger partial charge is 0.249 e. The van der Waals surface area contributed by atoms with Crippen LogP contribution in [0.15, 0.2) is 0 Å². The molecule has 0 unspecified atom stereocenters. The lowest BCUT2D eigenvalue weighted by Gasteiger charge is -2.11. The number of aromatic amines is 1. The van der Waals surface area contributed by atoms with Crippen molar-refractivity contribution in [2.75, 3.05) is 6.61 Å². The first-order chi connectivity index (χ1) is 7.56. The molecule has 16 heavy (non-hydrogen) atoms. The molecule has 0 spiro atoms. The van der Waals surface area contributed by atoms with E-state index in [9.17, 15) is 4.79 Å². The molecule has 0 bridgehead atoms. The van der Waals surface area contributed by atoms with Crippen LogP contribution in [0.1, 0.15) is 30.8 Å². The Hall–Kier alpha value is -1.36. The molecule has 0 saturated carbocycles. The minimum Gasteiger partial charge on any atom is -0.369 e. The highest BCUT2D eigenvalue weighted by atomic mass is 16.5. The molecule has 1 heterocycles. The number of H-pyrrole nitrogens is 1. The Morgan fingerprint density at radius 1 is 1.56 bits per heavy atom. The summed E-state index contributed by atoms with van der Waals surface area (Å²) < 4.78 is 5.20. The summed E-state index contributed by atoms with van der Waals surface area (Å²) in [6.07, 6.45) is -0.405. The second-order valence-electron chi connectivity index (χ2n) is 3.73. The summed E-state index contributed by atoms with van der Waals surface area (Å²) in [6.45, 7) is 8.50. The standard InChI is InChI=1S/C11H19N3O2/c1-5-16-9(4)11(15)12-6-10-7(2)13-14-8(10)3/h9H,5-6H2,1-4H3,(H,12,15)(H,13,14)/t9-/m1/s1. The first-order valence-electron chi connectivity index (χ1n) is 5.46. The zero-order valence-corrected chi connectivity index (χ0v) is 10.3. The second-order valence-corrected chi connectivity index (χ2v) is 3.73. The van der Waals surface area contributed by atoms with Gasteiger partial charge in [0.05, 0.1) is 5.69 Å². The molecule has 5 nitrogen and oxygen atoms in total. The van der Waals surface area contributed by atoms with E-state index < -0.39 is 6.10 Å². The van der Waals surface area contributed by atoms with Crippen LogP contribution in [0.25, 0.3) is 0 Å². The van der Waals surface area contributed by atoms with Gasteiger partial charge in [-0.15, -0.1) is 0 Å². The molecular weight excluding hydrogens is 206 g/mol. The predicted octanol–water partition coefficient (Wildman–Crippen LogP) is 1.07. The highest BCUT2D eigenvalue weighted by Crippen LogP contribution is 2.08. The largest absolute Gasteiger partial charge is 0.369 e. The molecular formula is C11H19N3O2. The van der Waals surface area contributed by atoms with Crippen LogP contribution in [-0.4, -0.2) is 28.8 Å². The molecule has 5 heteroatoms. The normalized spacial score (nSPS) is 12.5. The number of nitrogens with zero attached hydrogens (tertiary/aromatic N) is 1. The van der Waals surface area contributed by atoms with E-state index in [1.807, 2.05) is 20.8 Å². The molecule has 0 fully saturated rings. The van der Waals surface area contributed by atoms with Gasteiger partial charge in [0.1, 0.15) is 6.10 Å². The summed E-state index contributed by atoms with van der Waals surface area (Å²) in [5.41, 5.74) is 2.95. The molecule has 0 aliphatic heterocycles. The highest BCUT2D eigenvalue weighted by Gasteiger charge is 2.13. The van der Waals surface area contributed by atoms with Crippen LogP contribution in [-0.2, 0) is 16.1 Å². The Morgan fingerprint density at radius 3 is 2.75 bits per heavy atom.